The normalized spacial score (nSPS) is 10.4. The molecule has 0 unspecified atom stereocenters. The molecule has 2 rings (SSSR count). The number of aryl methyl sites for hydroxylation is 3. The highest BCUT2D eigenvalue weighted by Crippen LogP contribution is 2.21. The van der Waals surface area contributed by atoms with Crippen LogP contribution in [-0.4, -0.2) is 37.0 Å². The van der Waals surface area contributed by atoms with Gasteiger partial charge in [-0.05, 0) is 56.0 Å². The molecular formula is C21H26FN3O2. The molecule has 0 aliphatic heterocycles. The number of benzene rings is 2. The highest BCUT2D eigenvalue weighted by Gasteiger charge is 2.14. The van der Waals surface area contributed by atoms with Crippen LogP contribution >= 0.6 is 0 Å². The standard InChI is InChI=1S/C21H26FN3O2/c1-14-11-15(2)20(16(3)12-14)24-19(26)13-25(4)21(27)23-10-9-17-5-7-18(22)8-6-17/h5-8,11-12H,9-10,13H2,1-4H3,(H,23,27)(H,24,26). The van der Waals surface area contributed by atoms with Crippen LogP contribution in [0, 0.1) is 26.6 Å². The highest BCUT2D eigenvalue weighted by atomic mass is 19.1. The van der Waals surface area contributed by atoms with Crippen molar-refractivity contribution in [1.82, 2.24) is 10.2 Å². The van der Waals surface area contributed by atoms with Crippen LogP contribution in [0.2, 0.25) is 0 Å². The van der Waals surface area contributed by atoms with Crippen LogP contribution in [0.5, 0.6) is 0 Å². The zero-order valence-corrected chi connectivity index (χ0v) is 16.2. The van der Waals surface area contributed by atoms with Gasteiger partial charge in [-0.25, -0.2) is 9.18 Å². The molecule has 2 aromatic carbocycles. The molecule has 2 aromatic rings. The molecule has 144 valence electrons. The van der Waals surface area contributed by atoms with Crippen LogP contribution in [-0.2, 0) is 11.2 Å². The lowest BCUT2D eigenvalue weighted by atomic mass is 10.1. The van der Waals surface area contributed by atoms with E-state index in [0.29, 0.717) is 13.0 Å². The molecule has 0 bridgehead atoms. The summed E-state index contributed by atoms with van der Waals surface area (Å²) in [7, 11) is 1.57. The summed E-state index contributed by atoms with van der Waals surface area (Å²) in [5.74, 6) is -0.534. The second kappa shape index (κ2) is 9.16. The number of carbonyl (C=O) groups is 2. The largest absolute Gasteiger partial charge is 0.338 e. The van der Waals surface area contributed by atoms with Gasteiger partial charge in [0.2, 0.25) is 5.91 Å². The van der Waals surface area contributed by atoms with Crippen molar-refractivity contribution in [1.29, 1.82) is 0 Å². The predicted molar refractivity (Wildman–Crippen MR) is 105 cm³/mol. The number of hydrogen-bond donors (Lipinski definition) is 2. The van der Waals surface area contributed by atoms with E-state index in [9.17, 15) is 14.0 Å². The zero-order chi connectivity index (χ0) is 20.0. The maximum atomic E-state index is 12.9. The number of carbonyl (C=O) groups excluding carboxylic acids is 2. The quantitative estimate of drug-likeness (QED) is 0.815. The van der Waals surface area contributed by atoms with Gasteiger partial charge in [-0.1, -0.05) is 29.8 Å². The first-order valence-electron chi connectivity index (χ1n) is 8.87. The van der Waals surface area contributed by atoms with Gasteiger partial charge in [0, 0.05) is 19.3 Å². The minimum atomic E-state index is -0.329. The van der Waals surface area contributed by atoms with E-state index in [0.717, 1.165) is 27.9 Å². The lowest BCUT2D eigenvalue weighted by Gasteiger charge is -2.19. The van der Waals surface area contributed by atoms with Crippen LogP contribution in [0.4, 0.5) is 14.9 Å². The molecule has 5 nitrogen and oxygen atoms in total. The van der Waals surface area contributed by atoms with E-state index in [1.54, 1.807) is 19.2 Å². The Morgan fingerprint density at radius 2 is 1.63 bits per heavy atom. The first kappa shape index (κ1) is 20.4. The molecule has 0 saturated heterocycles. The summed E-state index contributed by atoms with van der Waals surface area (Å²) >= 11 is 0. The van der Waals surface area contributed by atoms with Gasteiger partial charge in [0.1, 0.15) is 12.4 Å². The van der Waals surface area contributed by atoms with Gasteiger partial charge in [-0.2, -0.15) is 0 Å². The van der Waals surface area contributed by atoms with Gasteiger partial charge in [-0.3, -0.25) is 4.79 Å². The average Bonchev–Trinajstić information content (AvgIpc) is 2.59. The SMILES string of the molecule is Cc1cc(C)c(NC(=O)CN(C)C(=O)NCCc2ccc(F)cc2)c(C)c1. The molecule has 27 heavy (non-hydrogen) atoms. The Morgan fingerprint density at radius 1 is 1.04 bits per heavy atom. The molecule has 2 N–H and O–H groups in total. The maximum absolute atomic E-state index is 12.9. The van der Waals surface area contributed by atoms with Crippen LogP contribution < -0.4 is 10.6 Å². The smallest absolute Gasteiger partial charge is 0.317 e. The summed E-state index contributed by atoms with van der Waals surface area (Å²) in [5.41, 5.74) is 4.85. The summed E-state index contributed by atoms with van der Waals surface area (Å²) in [5, 5.41) is 5.64. The molecule has 0 atom stereocenters. The van der Waals surface area contributed by atoms with Crippen molar-refractivity contribution in [3.8, 4) is 0 Å². The summed E-state index contributed by atoms with van der Waals surface area (Å²) in [6.07, 6.45) is 0.591. The number of amides is 3. The number of anilines is 1. The van der Waals surface area contributed by atoms with Crippen molar-refractivity contribution in [2.75, 3.05) is 25.5 Å². The predicted octanol–water partition coefficient (Wildman–Crippen LogP) is 3.57. The number of likely N-dealkylation sites (N-methyl/N-ethyl adjacent to an activating group) is 1. The van der Waals surface area contributed by atoms with Gasteiger partial charge in [0.05, 0.1) is 0 Å². The van der Waals surface area contributed by atoms with E-state index in [2.05, 4.69) is 10.6 Å². The molecule has 0 radical (unpaired) electrons. The molecule has 6 heteroatoms. The molecular weight excluding hydrogens is 345 g/mol. The third kappa shape index (κ3) is 6.09. The fourth-order valence-electron chi connectivity index (χ4n) is 2.94. The van der Waals surface area contributed by atoms with Crippen LogP contribution in [0.25, 0.3) is 0 Å². The van der Waals surface area contributed by atoms with Gasteiger partial charge in [-0.15, -0.1) is 0 Å². The summed E-state index contributed by atoms with van der Waals surface area (Å²) in [6.45, 7) is 6.26. The number of nitrogens with zero attached hydrogens (tertiary/aromatic N) is 1. The first-order chi connectivity index (χ1) is 12.8. The molecule has 0 fully saturated rings. The third-order valence-corrected chi connectivity index (χ3v) is 4.27. The Balaban J connectivity index is 1.81. The zero-order valence-electron chi connectivity index (χ0n) is 16.2. The van der Waals surface area contributed by atoms with E-state index >= 15 is 0 Å². The Morgan fingerprint density at radius 3 is 2.22 bits per heavy atom. The van der Waals surface area contributed by atoms with E-state index in [4.69, 9.17) is 0 Å². The monoisotopic (exact) mass is 371 g/mol. The minimum Gasteiger partial charge on any atom is -0.338 e. The van der Waals surface area contributed by atoms with Crippen molar-refractivity contribution in [3.63, 3.8) is 0 Å². The fraction of sp³-hybridized carbons (Fsp3) is 0.333. The van der Waals surface area contributed by atoms with Gasteiger partial charge in [0.15, 0.2) is 0 Å². The molecule has 0 spiro atoms. The Labute approximate surface area is 159 Å². The van der Waals surface area contributed by atoms with E-state index in [-0.39, 0.29) is 24.3 Å². The van der Waals surface area contributed by atoms with Crippen LogP contribution in [0.15, 0.2) is 36.4 Å². The van der Waals surface area contributed by atoms with E-state index < -0.39 is 0 Å². The Bertz CT molecular complexity index is 796. The van der Waals surface area contributed by atoms with Gasteiger partial charge in [0.25, 0.3) is 0 Å². The second-order valence-corrected chi connectivity index (χ2v) is 6.79. The topological polar surface area (TPSA) is 61.4 Å². The van der Waals surface area contributed by atoms with Gasteiger partial charge >= 0.3 is 6.03 Å². The lowest BCUT2D eigenvalue weighted by Crippen LogP contribution is -2.42. The first-order valence-corrected chi connectivity index (χ1v) is 8.87. The summed E-state index contributed by atoms with van der Waals surface area (Å²) in [6, 6.07) is 9.84. The highest BCUT2D eigenvalue weighted by molar-refractivity contribution is 5.95. The molecule has 0 saturated carbocycles. The molecule has 0 aromatic heterocycles. The second-order valence-electron chi connectivity index (χ2n) is 6.79. The summed E-state index contributed by atoms with van der Waals surface area (Å²) in [4.78, 5) is 25.7. The number of halogens is 1. The maximum Gasteiger partial charge on any atom is 0.317 e. The third-order valence-electron chi connectivity index (χ3n) is 4.27. The van der Waals surface area contributed by atoms with Crippen molar-refractivity contribution < 1.29 is 14.0 Å². The van der Waals surface area contributed by atoms with Crippen molar-refractivity contribution in [3.05, 3.63) is 64.5 Å². The number of rotatable bonds is 6. The van der Waals surface area contributed by atoms with Crippen molar-refractivity contribution >= 4 is 17.6 Å². The lowest BCUT2D eigenvalue weighted by molar-refractivity contribution is -0.116. The van der Waals surface area contributed by atoms with E-state index in [1.165, 1.54) is 17.0 Å². The molecule has 3 amide bonds. The van der Waals surface area contributed by atoms with Crippen LogP contribution in [0.3, 0.4) is 0 Å². The Kier molecular flexibility index (Phi) is 6.93. The number of nitrogens with one attached hydrogen (secondary N) is 2. The number of hydrogen-bond acceptors (Lipinski definition) is 2. The van der Waals surface area contributed by atoms with Crippen molar-refractivity contribution in [2.45, 2.75) is 27.2 Å². The fourth-order valence-corrected chi connectivity index (χ4v) is 2.94. The van der Waals surface area contributed by atoms with E-state index in [1.807, 2.05) is 32.9 Å². The minimum absolute atomic E-state index is 0.0465. The Hall–Kier alpha value is -2.89. The molecule has 0 heterocycles. The molecule has 0 aliphatic carbocycles. The van der Waals surface area contributed by atoms with Crippen molar-refractivity contribution in [2.24, 2.45) is 0 Å². The van der Waals surface area contributed by atoms with Gasteiger partial charge < -0.3 is 15.5 Å². The average molecular weight is 371 g/mol. The molecule has 0 aliphatic rings. The van der Waals surface area contributed by atoms with Crippen LogP contribution in [0.1, 0.15) is 22.3 Å². The number of urea groups is 1. The summed E-state index contributed by atoms with van der Waals surface area (Å²) < 4.78 is 12.9.